The Morgan fingerprint density at radius 1 is 1.32 bits per heavy atom. The lowest BCUT2D eigenvalue weighted by Crippen LogP contribution is -2.27. The standard InChI is InChI=1S/C14H19BrFNO2/c1-3-18-14(19-4-2)13(17)8-5-10-9-11(16)6-7-12(10)15/h6-7,9,14,17H,3-5,8H2,1-2H3. The lowest BCUT2D eigenvalue weighted by molar-refractivity contribution is -0.0914. The summed E-state index contributed by atoms with van der Waals surface area (Å²) in [6.07, 6.45) is 0.461. The van der Waals surface area contributed by atoms with Gasteiger partial charge in [0.1, 0.15) is 5.82 Å². The van der Waals surface area contributed by atoms with Crippen LogP contribution in [0.1, 0.15) is 25.8 Å². The molecule has 0 aliphatic rings. The summed E-state index contributed by atoms with van der Waals surface area (Å²) in [6, 6.07) is 4.56. The first kappa shape index (κ1) is 16.3. The molecule has 0 unspecified atom stereocenters. The van der Waals surface area contributed by atoms with Gasteiger partial charge in [0.25, 0.3) is 0 Å². The second kappa shape index (κ2) is 8.40. The molecule has 0 aliphatic carbocycles. The third kappa shape index (κ3) is 5.38. The van der Waals surface area contributed by atoms with E-state index < -0.39 is 6.29 Å². The number of nitrogens with one attached hydrogen (secondary N) is 1. The van der Waals surface area contributed by atoms with E-state index in [0.717, 1.165) is 10.0 Å². The van der Waals surface area contributed by atoms with Crippen LogP contribution in [0, 0.1) is 11.2 Å². The number of halogens is 2. The topological polar surface area (TPSA) is 42.3 Å². The second-order valence-electron chi connectivity index (χ2n) is 4.00. The third-order valence-electron chi connectivity index (χ3n) is 2.59. The van der Waals surface area contributed by atoms with Crippen molar-refractivity contribution >= 4 is 21.6 Å². The smallest absolute Gasteiger partial charge is 0.196 e. The van der Waals surface area contributed by atoms with Gasteiger partial charge in [-0.05, 0) is 50.5 Å². The number of benzene rings is 1. The quantitative estimate of drug-likeness (QED) is 0.579. The first-order chi connectivity index (χ1) is 9.08. The molecule has 0 bridgehead atoms. The maximum Gasteiger partial charge on any atom is 0.196 e. The summed E-state index contributed by atoms with van der Waals surface area (Å²) < 4.78 is 24.7. The second-order valence-corrected chi connectivity index (χ2v) is 4.86. The van der Waals surface area contributed by atoms with E-state index in [2.05, 4.69) is 15.9 Å². The van der Waals surface area contributed by atoms with Crippen LogP contribution < -0.4 is 0 Å². The molecule has 0 amide bonds. The molecule has 0 atom stereocenters. The van der Waals surface area contributed by atoms with Gasteiger partial charge in [0.05, 0.1) is 5.71 Å². The highest BCUT2D eigenvalue weighted by atomic mass is 79.9. The Bertz CT molecular complexity index is 420. The summed E-state index contributed by atoms with van der Waals surface area (Å²) in [5.41, 5.74) is 1.22. The molecule has 106 valence electrons. The lowest BCUT2D eigenvalue weighted by Gasteiger charge is -2.18. The van der Waals surface area contributed by atoms with Crippen molar-refractivity contribution in [2.24, 2.45) is 0 Å². The minimum atomic E-state index is -0.595. The Morgan fingerprint density at radius 2 is 1.95 bits per heavy atom. The fourth-order valence-electron chi connectivity index (χ4n) is 1.67. The minimum absolute atomic E-state index is 0.268. The molecule has 1 N–H and O–H groups in total. The largest absolute Gasteiger partial charge is 0.348 e. The molecule has 0 saturated carbocycles. The summed E-state index contributed by atoms with van der Waals surface area (Å²) in [5, 5.41) is 7.97. The van der Waals surface area contributed by atoms with E-state index in [1.807, 2.05) is 13.8 Å². The number of aryl methyl sites for hydroxylation is 1. The highest BCUT2D eigenvalue weighted by molar-refractivity contribution is 9.10. The van der Waals surface area contributed by atoms with E-state index in [-0.39, 0.29) is 5.82 Å². The normalized spacial score (nSPS) is 11.0. The number of rotatable bonds is 8. The molecular weight excluding hydrogens is 313 g/mol. The van der Waals surface area contributed by atoms with Gasteiger partial charge in [-0.3, -0.25) is 0 Å². The Labute approximate surface area is 121 Å². The van der Waals surface area contributed by atoms with Crippen LogP contribution in [0.3, 0.4) is 0 Å². The molecule has 0 saturated heterocycles. The summed E-state index contributed by atoms with van der Waals surface area (Å²) in [5.74, 6) is -0.268. The summed E-state index contributed by atoms with van der Waals surface area (Å²) >= 11 is 3.38. The third-order valence-corrected chi connectivity index (χ3v) is 3.37. The first-order valence-electron chi connectivity index (χ1n) is 6.32. The van der Waals surface area contributed by atoms with E-state index in [9.17, 15) is 4.39 Å². The highest BCUT2D eigenvalue weighted by Gasteiger charge is 2.15. The molecule has 0 fully saturated rings. The van der Waals surface area contributed by atoms with Gasteiger partial charge in [-0.2, -0.15) is 0 Å². The average Bonchev–Trinajstić information content (AvgIpc) is 2.39. The van der Waals surface area contributed by atoms with Crippen molar-refractivity contribution in [1.29, 1.82) is 5.41 Å². The van der Waals surface area contributed by atoms with E-state index in [1.165, 1.54) is 12.1 Å². The predicted octanol–water partition coefficient (Wildman–Crippen LogP) is 3.94. The van der Waals surface area contributed by atoms with E-state index in [0.29, 0.717) is 31.8 Å². The van der Waals surface area contributed by atoms with Crippen molar-refractivity contribution in [3.63, 3.8) is 0 Å². The van der Waals surface area contributed by atoms with Gasteiger partial charge in [0, 0.05) is 17.7 Å². The fraction of sp³-hybridized carbons (Fsp3) is 0.500. The lowest BCUT2D eigenvalue weighted by atomic mass is 10.1. The van der Waals surface area contributed by atoms with Gasteiger partial charge in [0.15, 0.2) is 6.29 Å². The molecule has 19 heavy (non-hydrogen) atoms. The van der Waals surface area contributed by atoms with Crippen molar-refractivity contribution in [3.05, 3.63) is 34.1 Å². The van der Waals surface area contributed by atoms with Gasteiger partial charge in [0.2, 0.25) is 0 Å². The van der Waals surface area contributed by atoms with Crippen LogP contribution >= 0.6 is 15.9 Å². The Balaban J connectivity index is 2.59. The first-order valence-corrected chi connectivity index (χ1v) is 7.12. The molecule has 0 radical (unpaired) electrons. The zero-order valence-corrected chi connectivity index (χ0v) is 12.8. The molecule has 3 nitrogen and oxygen atoms in total. The van der Waals surface area contributed by atoms with Gasteiger partial charge in [-0.25, -0.2) is 4.39 Å². The van der Waals surface area contributed by atoms with Gasteiger partial charge >= 0.3 is 0 Å². The van der Waals surface area contributed by atoms with Gasteiger partial charge < -0.3 is 14.9 Å². The van der Waals surface area contributed by atoms with E-state index >= 15 is 0 Å². The molecule has 0 heterocycles. The van der Waals surface area contributed by atoms with Crippen molar-refractivity contribution in [1.82, 2.24) is 0 Å². The molecule has 1 aromatic rings. The zero-order chi connectivity index (χ0) is 14.3. The van der Waals surface area contributed by atoms with E-state index in [4.69, 9.17) is 14.9 Å². The van der Waals surface area contributed by atoms with Gasteiger partial charge in [-0.1, -0.05) is 15.9 Å². The SMILES string of the molecule is CCOC(OCC)C(=N)CCc1cc(F)ccc1Br. The molecule has 1 aromatic carbocycles. The van der Waals surface area contributed by atoms with Crippen LogP contribution in [0.5, 0.6) is 0 Å². The van der Waals surface area contributed by atoms with Crippen LogP contribution in [-0.4, -0.2) is 25.2 Å². The van der Waals surface area contributed by atoms with Crippen LogP contribution in [0.2, 0.25) is 0 Å². The molecule has 0 spiro atoms. The number of hydrogen-bond donors (Lipinski definition) is 1. The molecule has 0 aromatic heterocycles. The fourth-order valence-corrected chi connectivity index (χ4v) is 2.12. The van der Waals surface area contributed by atoms with Crippen molar-refractivity contribution in [2.75, 3.05) is 13.2 Å². The summed E-state index contributed by atoms with van der Waals surface area (Å²) in [7, 11) is 0. The van der Waals surface area contributed by atoms with Crippen molar-refractivity contribution in [2.45, 2.75) is 33.0 Å². The van der Waals surface area contributed by atoms with Crippen molar-refractivity contribution < 1.29 is 13.9 Å². The predicted molar refractivity (Wildman–Crippen MR) is 77.2 cm³/mol. The Hall–Kier alpha value is -0.780. The highest BCUT2D eigenvalue weighted by Crippen LogP contribution is 2.20. The number of hydrogen-bond acceptors (Lipinski definition) is 3. The minimum Gasteiger partial charge on any atom is -0.348 e. The number of ether oxygens (including phenoxy) is 2. The zero-order valence-electron chi connectivity index (χ0n) is 11.2. The maximum absolute atomic E-state index is 13.1. The molecule has 5 heteroatoms. The van der Waals surface area contributed by atoms with E-state index in [1.54, 1.807) is 6.07 Å². The molecular formula is C14H19BrFNO2. The van der Waals surface area contributed by atoms with Crippen molar-refractivity contribution in [3.8, 4) is 0 Å². The van der Waals surface area contributed by atoms with Crippen LogP contribution in [0.25, 0.3) is 0 Å². The van der Waals surface area contributed by atoms with Gasteiger partial charge in [-0.15, -0.1) is 0 Å². The van der Waals surface area contributed by atoms with Crippen LogP contribution in [-0.2, 0) is 15.9 Å². The summed E-state index contributed by atoms with van der Waals surface area (Å²) in [6.45, 7) is 4.72. The monoisotopic (exact) mass is 331 g/mol. The molecule has 0 aliphatic heterocycles. The summed E-state index contributed by atoms with van der Waals surface area (Å²) in [4.78, 5) is 0. The van der Waals surface area contributed by atoms with Crippen LogP contribution in [0.15, 0.2) is 22.7 Å². The Kier molecular flexibility index (Phi) is 7.20. The van der Waals surface area contributed by atoms with Crippen LogP contribution in [0.4, 0.5) is 4.39 Å². The molecule has 1 rings (SSSR count). The Morgan fingerprint density at radius 3 is 2.53 bits per heavy atom. The average molecular weight is 332 g/mol. The maximum atomic E-state index is 13.1.